The van der Waals surface area contributed by atoms with Crippen LogP contribution in [-0.4, -0.2) is 22.7 Å². The second-order valence-corrected chi connectivity index (χ2v) is 6.52. The van der Waals surface area contributed by atoms with Gasteiger partial charge in [-0.15, -0.1) is 0 Å². The summed E-state index contributed by atoms with van der Waals surface area (Å²) in [4.78, 5) is 21.2. The van der Waals surface area contributed by atoms with Crippen LogP contribution in [0, 0.1) is 6.92 Å². The smallest absolute Gasteiger partial charge is 0.231 e. The van der Waals surface area contributed by atoms with Crippen LogP contribution in [0.5, 0.6) is 11.5 Å². The van der Waals surface area contributed by atoms with Crippen LogP contribution >= 0.6 is 0 Å². The Bertz CT molecular complexity index is 806. The lowest BCUT2D eigenvalue weighted by atomic mass is 9.92. The van der Waals surface area contributed by atoms with Crippen molar-refractivity contribution in [3.63, 3.8) is 0 Å². The van der Waals surface area contributed by atoms with E-state index in [9.17, 15) is 4.79 Å². The summed E-state index contributed by atoms with van der Waals surface area (Å²) in [5.41, 5.74) is 3.20. The highest BCUT2D eigenvalue weighted by molar-refractivity contribution is 5.76. The van der Waals surface area contributed by atoms with Crippen molar-refractivity contribution in [3.8, 4) is 11.5 Å². The number of carbonyl (C=O) groups excluding carboxylic acids is 1. The number of rotatable bonds is 4. The average Bonchev–Trinajstić information content (AvgIpc) is 3.07. The molecule has 2 aromatic rings. The third-order valence-corrected chi connectivity index (χ3v) is 4.72. The summed E-state index contributed by atoms with van der Waals surface area (Å²) in [5, 5.41) is 3.14. The molecule has 0 fully saturated rings. The summed E-state index contributed by atoms with van der Waals surface area (Å²) < 4.78 is 10.7. The molecule has 0 unspecified atom stereocenters. The fraction of sp³-hybridized carbons (Fsp3) is 0.421. The maximum Gasteiger partial charge on any atom is 0.231 e. The maximum absolute atomic E-state index is 12.4. The SMILES string of the molecule is Cc1ncc2c(n1)CCC[C@@H]2NC(=O)CCc1ccc2c(c1)OCO2. The lowest BCUT2D eigenvalue weighted by molar-refractivity contribution is -0.121. The molecule has 6 nitrogen and oxygen atoms in total. The summed E-state index contributed by atoms with van der Waals surface area (Å²) in [7, 11) is 0. The number of aryl methyl sites for hydroxylation is 3. The van der Waals surface area contributed by atoms with Crippen LogP contribution in [0.3, 0.4) is 0 Å². The quantitative estimate of drug-likeness (QED) is 0.927. The Labute approximate surface area is 146 Å². The molecule has 0 saturated carbocycles. The van der Waals surface area contributed by atoms with E-state index in [-0.39, 0.29) is 18.7 Å². The molecule has 0 bridgehead atoms. The van der Waals surface area contributed by atoms with Gasteiger partial charge in [0.15, 0.2) is 11.5 Å². The Hall–Kier alpha value is -2.63. The number of nitrogens with zero attached hydrogens (tertiary/aromatic N) is 2. The minimum Gasteiger partial charge on any atom is -0.454 e. The van der Waals surface area contributed by atoms with Crippen molar-refractivity contribution in [2.75, 3.05) is 6.79 Å². The number of benzene rings is 1. The van der Waals surface area contributed by atoms with Gasteiger partial charge < -0.3 is 14.8 Å². The number of amides is 1. The summed E-state index contributed by atoms with van der Waals surface area (Å²) in [6.07, 6.45) is 5.91. The molecule has 2 heterocycles. The first-order valence-corrected chi connectivity index (χ1v) is 8.69. The van der Waals surface area contributed by atoms with Crippen LogP contribution in [0.25, 0.3) is 0 Å². The number of nitrogens with one attached hydrogen (secondary N) is 1. The monoisotopic (exact) mass is 339 g/mol. The molecule has 0 spiro atoms. The molecule has 25 heavy (non-hydrogen) atoms. The van der Waals surface area contributed by atoms with Gasteiger partial charge in [-0.1, -0.05) is 6.07 Å². The predicted octanol–water partition coefficient (Wildman–Crippen LogP) is 2.64. The highest BCUT2D eigenvalue weighted by atomic mass is 16.7. The zero-order valence-electron chi connectivity index (χ0n) is 14.2. The molecule has 1 amide bonds. The Balaban J connectivity index is 1.37. The van der Waals surface area contributed by atoms with E-state index >= 15 is 0 Å². The molecule has 1 aliphatic carbocycles. The Morgan fingerprint density at radius 3 is 3.12 bits per heavy atom. The highest BCUT2D eigenvalue weighted by Crippen LogP contribution is 2.33. The van der Waals surface area contributed by atoms with Gasteiger partial charge in [-0.3, -0.25) is 4.79 Å². The number of carbonyl (C=O) groups is 1. The molecule has 6 heteroatoms. The van der Waals surface area contributed by atoms with Gasteiger partial charge in [0.2, 0.25) is 12.7 Å². The molecular formula is C19H21N3O3. The van der Waals surface area contributed by atoms with Gasteiger partial charge in [0.1, 0.15) is 5.82 Å². The third-order valence-electron chi connectivity index (χ3n) is 4.72. The summed E-state index contributed by atoms with van der Waals surface area (Å²) >= 11 is 0. The van der Waals surface area contributed by atoms with E-state index in [1.807, 2.05) is 31.3 Å². The van der Waals surface area contributed by atoms with Crippen molar-refractivity contribution in [3.05, 3.63) is 47.0 Å². The second-order valence-electron chi connectivity index (χ2n) is 6.52. The van der Waals surface area contributed by atoms with E-state index in [1.165, 1.54) is 0 Å². The van der Waals surface area contributed by atoms with Crippen LogP contribution < -0.4 is 14.8 Å². The van der Waals surface area contributed by atoms with Gasteiger partial charge in [0.25, 0.3) is 0 Å². The van der Waals surface area contributed by atoms with Crippen molar-refractivity contribution >= 4 is 5.91 Å². The third kappa shape index (κ3) is 3.43. The zero-order valence-corrected chi connectivity index (χ0v) is 14.2. The fourth-order valence-electron chi connectivity index (χ4n) is 3.42. The molecule has 4 rings (SSSR count). The van der Waals surface area contributed by atoms with Gasteiger partial charge in [-0.2, -0.15) is 0 Å². The van der Waals surface area contributed by atoms with E-state index in [2.05, 4.69) is 15.3 Å². The van der Waals surface area contributed by atoms with E-state index in [1.54, 1.807) is 0 Å². The molecule has 1 N–H and O–H groups in total. The molecule has 1 atom stereocenters. The van der Waals surface area contributed by atoms with Gasteiger partial charge in [0, 0.05) is 23.9 Å². The minimum atomic E-state index is 0.0219. The van der Waals surface area contributed by atoms with Gasteiger partial charge >= 0.3 is 0 Å². The van der Waals surface area contributed by atoms with Crippen molar-refractivity contribution in [1.29, 1.82) is 0 Å². The Kier molecular flexibility index (Phi) is 4.26. The minimum absolute atomic E-state index is 0.0219. The summed E-state index contributed by atoms with van der Waals surface area (Å²) in [6.45, 7) is 2.16. The first kappa shape index (κ1) is 15.9. The molecule has 1 aromatic heterocycles. The van der Waals surface area contributed by atoms with Gasteiger partial charge in [0.05, 0.1) is 6.04 Å². The molecule has 0 saturated heterocycles. The van der Waals surface area contributed by atoms with Gasteiger partial charge in [-0.05, 0) is 50.3 Å². The van der Waals surface area contributed by atoms with Crippen molar-refractivity contribution in [2.24, 2.45) is 0 Å². The molecule has 130 valence electrons. The first-order valence-electron chi connectivity index (χ1n) is 8.69. The van der Waals surface area contributed by atoms with E-state index < -0.39 is 0 Å². The van der Waals surface area contributed by atoms with Crippen LogP contribution in [-0.2, 0) is 17.6 Å². The summed E-state index contributed by atoms with van der Waals surface area (Å²) in [5.74, 6) is 2.36. The zero-order chi connectivity index (χ0) is 17.2. The Morgan fingerprint density at radius 1 is 1.32 bits per heavy atom. The highest BCUT2D eigenvalue weighted by Gasteiger charge is 2.23. The van der Waals surface area contributed by atoms with Crippen LogP contribution in [0.15, 0.2) is 24.4 Å². The van der Waals surface area contributed by atoms with E-state index in [4.69, 9.17) is 9.47 Å². The molecule has 0 radical (unpaired) electrons. The largest absolute Gasteiger partial charge is 0.454 e. The molecule has 1 aromatic carbocycles. The number of fused-ring (bicyclic) bond motifs is 2. The standard InChI is InChI=1S/C19H21N3O3/c1-12-20-10-14-15(21-12)3-2-4-16(14)22-19(23)8-6-13-5-7-17-18(9-13)25-11-24-17/h5,7,9-10,16H,2-4,6,8,11H2,1H3,(H,22,23)/t16-/m0/s1. The lowest BCUT2D eigenvalue weighted by Gasteiger charge is -2.25. The second kappa shape index (κ2) is 6.70. The average molecular weight is 339 g/mol. The normalized spacial score (nSPS) is 17.9. The van der Waals surface area contributed by atoms with Crippen LogP contribution in [0.4, 0.5) is 0 Å². The van der Waals surface area contributed by atoms with Crippen LogP contribution in [0.2, 0.25) is 0 Å². The Morgan fingerprint density at radius 2 is 2.20 bits per heavy atom. The maximum atomic E-state index is 12.4. The number of ether oxygens (including phenoxy) is 2. The van der Waals surface area contributed by atoms with Gasteiger partial charge in [-0.25, -0.2) is 9.97 Å². The van der Waals surface area contributed by atoms with Crippen molar-refractivity contribution in [1.82, 2.24) is 15.3 Å². The molecule has 2 aliphatic rings. The first-order chi connectivity index (χ1) is 12.2. The number of hydrogen-bond acceptors (Lipinski definition) is 5. The van der Waals surface area contributed by atoms with E-state index in [0.29, 0.717) is 12.8 Å². The molecular weight excluding hydrogens is 318 g/mol. The number of hydrogen-bond donors (Lipinski definition) is 1. The predicted molar refractivity (Wildman–Crippen MR) is 91.5 cm³/mol. The summed E-state index contributed by atoms with van der Waals surface area (Å²) in [6, 6.07) is 5.84. The van der Waals surface area contributed by atoms with Crippen LogP contribution in [0.1, 0.15) is 47.9 Å². The van der Waals surface area contributed by atoms with Crippen molar-refractivity contribution < 1.29 is 14.3 Å². The van der Waals surface area contributed by atoms with E-state index in [0.717, 1.165) is 53.4 Å². The fourth-order valence-corrected chi connectivity index (χ4v) is 3.42. The van der Waals surface area contributed by atoms with Crippen molar-refractivity contribution in [2.45, 2.75) is 45.1 Å². The lowest BCUT2D eigenvalue weighted by Crippen LogP contribution is -2.31. The topological polar surface area (TPSA) is 73.3 Å². The number of aromatic nitrogens is 2. The molecule has 1 aliphatic heterocycles.